The van der Waals surface area contributed by atoms with Crippen LogP contribution in [0, 0.1) is 0 Å². The number of carbonyl (C=O) groups is 2. The number of anilines is 1. The number of rotatable bonds is 4. The van der Waals surface area contributed by atoms with Crippen molar-refractivity contribution >= 4 is 17.6 Å². The summed E-state index contributed by atoms with van der Waals surface area (Å²) in [5.74, 6) is -1.44. The molecule has 1 aromatic carbocycles. The van der Waals surface area contributed by atoms with Crippen LogP contribution in [0.3, 0.4) is 0 Å². The minimum Gasteiger partial charge on any atom is -0.480 e. The maximum atomic E-state index is 11.6. The number of morpholine rings is 1. The van der Waals surface area contributed by atoms with Gasteiger partial charge in [0.05, 0.1) is 13.2 Å². The van der Waals surface area contributed by atoms with E-state index < -0.39 is 5.97 Å². The monoisotopic (exact) mass is 264 g/mol. The normalized spacial score (nSPS) is 15.1. The van der Waals surface area contributed by atoms with Crippen molar-refractivity contribution < 1.29 is 19.4 Å². The van der Waals surface area contributed by atoms with Crippen molar-refractivity contribution in [1.82, 2.24) is 5.32 Å². The predicted molar refractivity (Wildman–Crippen MR) is 69.4 cm³/mol. The van der Waals surface area contributed by atoms with Crippen LogP contribution in [0.1, 0.15) is 10.4 Å². The SMILES string of the molecule is O=C(O)CNC(=O)c1ccc(N2CCOCC2)cc1. The third-order valence-corrected chi connectivity index (χ3v) is 2.91. The van der Waals surface area contributed by atoms with Crippen LogP contribution in [-0.2, 0) is 9.53 Å². The van der Waals surface area contributed by atoms with Gasteiger partial charge >= 0.3 is 5.97 Å². The predicted octanol–water partition coefficient (Wildman–Crippen LogP) is 0.338. The zero-order chi connectivity index (χ0) is 13.7. The number of nitrogens with zero attached hydrogens (tertiary/aromatic N) is 1. The molecule has 1 aliphatic heterocycles. The highest BCUT2D eigenvalue weighted by Gasteiger charge is 2.12. The largest absolute Gasteiger partial charge is 0.480 e. The fraction of sp³-hybridized carbons (Fsp3) is 0.385. The Labute approximate surface area is 111 Å². The molecule has 0 spiro atoms. The van der Waals surface area contributed by atoms with Gasteiger partial charge in [-0.15, -0.1) is 0 Å². The van der Waals surface area contributed by atoms with Gasteiger partial charge < -0.3 is 20.1 Å². The number of ether oxygens (including phenoxy) is 1. The van der Waals surface area contributed by atoms with Crippen molar-refractivity contribution in [3.8, 4) is 0 Å². The standard InChI is InChI=1S/C13H16N2O4/c16-12(17)9-14-13(18)10-1-3-11(4-2-10)15-5-7-19-8-6-15/h1-4H,5-9H2,(H,14,18)(H,16,17). The first-order valence-corrected chi connectivity index (χ1v) is 6.09. The molecule has 0 bridgehead atoms. The summed E-state index contributed by atoms with van der Waals surface area (Å²) < 4.78 is 5.28. The summed E-state index contributed by atoms with van der Waals surface area (Å²) >= 11 is 0. The van der Waals surface area contributed by atoms with Crippen molar-refractivity contribution in [2.24, 2.45) is 0 Å². The quantitative estimate of drug-likeness (QED) is 0.819. The molecule has 6 heteroatoms. The summed E-state index contributed by atoms with van der Waals surface area (Å²) in [7, 11) is 0. The van der Waals surface area contributed by atoms with E-state index in [4.69, 9.17) is 9.84 Å². The van der Waals surface area contributed by atoms with Crippen LogP contribution in [-0.4, -0.2) is 49.8 Å². The van der Waals surface area contributed by atoms with Crippen LogP contribution in [0.5, 0.6) is 0 Å². The van der Waals surface area contributed by atoms with Gasteiger partial charge in [-0.1, -0.05) is 0 Å². The number of carboxylic acid groups (broad SMARTS) is 1. The Balaban J connectivity index is 1.97. The number of amides is 1. The number of benzene rings is 1. The fourth-order valence-electron chi connectivity index (χ4n) is 1.90. The maximum absolute atomic E-state index is 11.6. The number of hydrogen-bond donors (Lipinski definition) is 2. The Morgan fingerprint density at radius 1 is 1.21 bits per heavy atom. The van der Waals surface area contributed by atoms with E-state index in [-0.39, 0.29) is 12.5 Å². The minimum absolute atomic E-state index is 0.371. The lowest BCUT2D eigenvalue weighted by Crippen LogP contribution is -2.36. The van der Waals surface area contributed by atoms with Crippen LogP contribution >= 0.6 is 0 Å². The van der Waals surface area contributed by atoms with Gasteiger partial charge in [-0.05, 0) is 24.3 Å². The summed E-state index contributed by atoms with van der Waals surface area (Å²) in [5.41, 5.74) is 1.50. The highest BCUT2D eigenvalue weighted by Crippen LogP contribution is 2.16. The summed E-state index contributed by atoms with van der Waals surface area (Å²) in [6.07, 6.45) is 0. The molecule has 1 aliphatic rings. The van der Waals surface area contributed by atoms with Crippen molar-refractivity contribution in [1.29, 1.82) is 0 Å². The number of nitrogens with one attached hydrogen (secondary N) is 1. The topological polar surface area (TPSA) is 78.9 Å². The van der Waals surface area contributed by atoms with Crippen LogP contribution in [0.2, 0.25) is 0 Å². The molecule has 6 nitrogen and oxygen atoms in total. The van der Waals surface area contributed by atoms with E-state index in [1.165, 1.54) is 0 Å². The molecule has 0 aromatic heterocycles. The molecule has 0 radical (unpaired) electrons. The van der Waals surface area contributed by atoms with Gasteiger partial charge in [-0.2, -0.15) is 0 Å². The van der Waals surface area contributed by atoms with Crippen molar-refractivity contribution in [2.45, 2.75) is 0 Å². The van der Waals surface area contributed by atoms with Crippen LogP contribution in [0.25, 0.3) is 0 Å². The lowest BCUT2D eigenvalue weighted by atomic mass is 10.1. The minimum atomic E-state index is -1.06. The van der Waals surface area contributed by atoms with Gasteiger partial charge in [0, 0.05) is 24.3 Å². The molecule has 0 saturated carbocycles. The summed E-state index contributed by atoms with van der Waals surface area (Å²) in [6, 6.07) is 7.12. The Kier molecular flexibility index (Phi) is 4.35. The average molecular weight is 264 g/mol. The van der Waals surface area contributed by atoms with Gasteiger partial charge in [0.2, 0.25) is 0 Å². The first-order valence-electron chi connectivity index (χ1n) is 6.09. The summed E-state index contributed by atoms with van der Waals surface area (Å²) in [4.78, 5) is 24.2. The molecule has 102 valence electrons. The molecule has 0 unspecified atom stereocenters. The molecule has 1 fully saturated rings. The first-order chi connectivity index (χ1) is 9.16. The number of aliphatic carboxylic acids is 1. The maximum Gasteiger partial charge on any atom is 0.322 e. The van der Waals surface area contributed by atoms with Gasteiger partial charge in [0.15, 0.2) is 0 Å². The molecule has 1 saturated heterocycles. The lowest BCUT2D eigenvalue weighted by molar-refractivity contribution is -0.135. The Morgan fingerprint density at radius 2 is 1.84 bits per heavy atom. The van der Waals surface area contributed by atoms with E-state index in [2.05, 4.69) is 10.2 Å². The number of hydrogen-bond acceptors (Lipinski definition) is 4. The Bertz CT molecular complexity index is 452. The van der Waals surface area contributed by atoms with Crippen molar-refractivity contribution in [3.05, 3.63) is 29.8 Å². The fourth-order valence-corrected chi connectivity index (χ4v) is 1.90. The molecule has 1 heterocycles. The van der Waals surface area contributed by atoms with E-state index >= 15 is 0 Å². The van der Waals surface area contributed by atoms with Crippen molar-refractivity contribution in [3.63, 3.8) is 0 Å². The first kappa shape index (κ1) is 13.4. The molecule has 1 amide bonds. The lowest BCUT2D eigenvalue weighted by Gasteiger charge is -2.28. The van der Waals surface area contributed by atoms with Gasteiger partial charge in [-0.25, -0.2) is 0 Å². The summed E-state index contributed by atoms with van der Waals surface area (Å²) in [5, 5.41) is 10.8. The second kappa shape index (κ2) is 6.19. The van der Waals surface area contributed by atoms with E-state index in [1.807, 2.05) is 12.1 Å². The van der Waals surface area contributed by atoms with Crippen LogP contribution in [0.4, 0.5) is 5.69 Å². The second-order valence-corrected chi connectivity index (χ2v) is 4.22. The van der Waals surface area contributed by atoms with Gasteiger partial charge in [-0.3, -0.25) is 9.59 Å². The molecule has 1 aromatic rings. The van der Waals surface area contributed by atoms with E-state index in [1.54, 1.807) is 12.1 Å². The van der Waals surface area contributed by atoms with Crippen molar-refractivity contribution in [2.75, 3.05) is 37.7 Å². The Hall–Kier alpha value is -2.08. The number of carboxylic acids is 1. The summed E-state index contributed by atoms with van der Waals surface area (Å²) in [6.45, 7) is 2.72. The van der Waals surface area contributed by atoms with Gasteiger partial charge in [0.25, 0.3) is 5.91 Å². The third kappa shape index (κ3) is 3.69. The molecular weight excluding hydrogens is 248 g/mol. The second-order valence-electron chi connectivity index (χ2n) is 4.22. The van der Waals surface area contributed by atoms with Gasteiger partial charge in [0.1, 0.15) is 6.54 Å². The Morgan fingerprint density at radius 3 is 2.42 bits per heavy atom. The number of carbonyl (C=O) groups excluding carboxylic acids is 1. The zero-order valence-electron chi connectivity index (χ0n) is 10.5. The zero-order valence-corrected chi connectivity index (χ0v) is 10.5. The van der Waals surface area contributed by atoms with E-state index in [0.717, 1.165) is 18.8 Å². The molecule has 19 heavy (non-hydrogen) atoms. The highest BCUT2D eigenvalue weighted by atomic mass is 16.5. The molecule has 0 atom stereocenters. The molecule has 2 rings (SSSR count). The smallest absolute Gasteiger partial charge is 0.322 e. The molecular formula is C13H16N2O4. The highest BCUT2D eigenvalue weighted by molar-refractivity contribution is 5.96. The molecule has 2 N–H and O–H groups in total. The van der Waals surface area contributed by atoms with E-state index in [9.17, 15) is 9.59 Å². The molecule has 0 aliphatic carbocycles. The van der Waals surface area contributed by atoms with Crippen LogP contribution < -0.4 is 10.2 Å². The van der Waals surface area contributed by atoms with Crippen LogP contribution in [0.15, 0.2) is 24.3 Å². The van der Waals surface area contributed by atoms with E-state index in [0.29, 0.717) is 18.8 Å². The average Bonchev–Trinajstić information content (AvgIpc) is 2.46. The third-order valence-electron chi connectivity index (χ3n) is 2.91.